The second-order valence-corrected chi connectivity index (χ2v) is 5.82. The van der Waals surface area contributed by atoms with Crippen LogP contribution in [-0.4, -0.2) is 21.4 Å². The molecule has 2 aromatic rings. The maximum atomic E-state index is 11.7. The molecule has 110 valence electrons. The number of nitrogens with one attached hydrogen (secondary N) is 2. The topological polar surface area (TPSA) is 69.0 Å². The van der Waals surface area contributed by atoms with Crippen molar-refractivity contribution < 1.29 is 0 Å². The van der Waals surface area contributed by atoms with Crippen LogP contribution in [0.3, 0.4) is 0 Å². The Morgan fingerprint density at radius 2 is 1.95 bits per heavy atom. The maximum absolute atomic E-state index is 11.7. The van der Waals surface area contributed by atoms with E-state index in [0.29, 0.717) is 34.4 Å². The van der Waals surface area contributed by atoms with E-state index in [9.17, 15) is 9.59 Å². The molecule has 21 heavy (non-hydrogen) atoms. The van der Waals surface area contributed by atoms with Crippen LogP contribution in [0.15, 0.2) is 27.8 Å². The van der Waals surface area contributed by atoms with Crippen LogP contribution in [0.25, 0.3) is 0 Å². The number of halogens is 2. The Morgan fingerprint density at radius 1 is 1.14 bits per heavy atom. The van der Waals surface area contributed by atoms with Crippen molar-refractivity contribution >= 4 is 23.2 Å². The van der Waals surface area contributed by atoms with E-state index in [4.69, 9.17) is 23.2 Å². The fourth-order valence-corrected chi connectivity index (χ4v) is 2.96. The minimum atomic E-state index is -0.460. The molecular weight excluding hydrogens is 313 g/mol. The highest BCUT2D eigenvalue weighted by molar-refractivity contribution is 6.42. The van der Waals surface area contributed by atoms with E-state index < -0.39 is 5.69 Å². The summed E-state index contributed by atoms with van der Waals surface area (Å²) in [7, 11) is 0. The lowest BCUT2D eigenvalue weighted by atomic mass is 10.1. The van der Waals surface area contributed by atoms with Crippen molar-refractivity contribution in [3.05, 3.63) is 65.9 Å². The van der Waals surface area contributed by atoms with E-state index in [1.54, 1.807) is 6.07 Å². The SMILES string of the molecule is O=c1[nH]c2c(c(=O)[nH]1)CN(CCc1cccc(Cl)c1Cl)C2. The van der Waals surface area contributed by atoms with Gasteiger partial charge in [-0.25, -0.2) is 4.79 Å². The summed E-state index contributed by atoms with van der Waals surface area (Å²) in [6.07, 6.45) is 0.732. The molecule has 2 N–H and O–H groups in total. The van der Waals surface area contributed by atoms with Gasteiger partial charge in [0, 0.05) is 25.3 Å². The van der Waals surface area contributed by atoms with Gasteiger partial charge in [0.2, 0.25) is 0 Å². The molecule has 1 aromatic carbocycles. The Hall–Kier alpha value is -1.56. The fourth-order valence-electron chi connectivity index (χ4n) is 2.54. The van der Waals surface area contributed by atoms with Gasteiger partial charge in [0.25, 0.3) is 5.56 Å². The zero-order chi connectivity index (χ0) is 15.0. The molecule has 7 heteroatoms. The van der Waals surface area contributed by atoms with Crippen molar-refractivity contribution in [2.75, 3.05) is 6.54 Å². The van der Waals surface area contributed by atoms with E-state index in [0.717, 1.165) is 18.5 Å². The van der Waals surface area contributed by atoms with Crippen LogP contribution in [0, 0.1) is 0 Å². The van der Waals surface area contributed by atoms with Gasteiger partial charge in [-0.2, -0.15) is 0 Å². The molecule has 0 aliphatic carbocycles. The van der Waals surface area contributed by atoms with Crippen LogP contribution in [0.5, 0.6) is 0 Å². The lowest BCUT2D eigenvalue weighted by Gasteiger charge is -2.15. The van der Waals surface area contributed by atoms with Crippen LogP contribution in [0.2, 0.25) is 10.0 Å². The Labute approximate surface area is 130 Å². The highest BCUT2D eigenvalue weighted by Gasteiger charge is 2.22. The lowest BCUT2D eigenvalue weighted by Crippen LogP contribution is -2.25. The highest BCUT2D eigenvalue weighted by Crippen LogP contribution is 2.26. The third kappa shape index (κ3) is 2.90. The summed E-state index contributed by atoms with van der Waals surface area (Å²) in [5.41, 5.74) is 1.53. The summed E-state index contributed by atoms with van der Waals surface area (Å²) in [6, 6.07) is 5.56. The van der Waals surface area contributed by atoms with Crippen molar-refractivity contribution in [2.45, 2.75) is 19.5 Å². The first kappa shape index (κ1) is 14.4. The van der Waals surface area contributed by atoms with Crippen LogP contribution < -0.4 is 11.2 Å². The van der Waals surface area contributed by atoms with E-state index in [2.05, 4.69) is 14.9 Å². The summed E-state index contributed by atoms with van der Waals surface area (Å²) in [5.74, 6) is 0. The Balaban J connectivity index is 1.72. The van der Waals surface area contributed by atoms with E-state index in [1.165, 1.54) is 0 Å². The fraction of sp³-hybridized carbons (Fsp3) is 0.286. The van der Waals surface area contributed by atoms with E-state index in [1.807, 2.05) is 12.1 Å². The molecular formula is C14H13Cl2N3O2. The molecule has 0 unspecified atom stereocenters. The molecule has 0 fully saturated rings. The first-order chi connectivity index (χ1) is 10.0. The van der Waals surface area contributed by atoms with Gasteiger partial charge in [0.05, 0.1) is 15.6 Å². The van der Waals surface area contributed by atoms with Gasteiger partial charge in [0.1, 0.15) is 0 Å². The maximum Gasteiger partial charge on any atom is 0.325 e. The Morgan fingerprint density at radius 3 is 2.76 bits per heavy atom. The number of aromatic nitrogens is 2. The summed E-state index contributed by atoms with van der Waals surface area (Å²) < 4.78 is 0. The molecule has 0 atom stereocenters. The summed E-state index contributed by atoms with van der Waals surface area (Å²) >= 11 is 12.2. The zero-order valence-electron chi connectivity index (χ0n) is 11.1. The number of hydrogen-bond donors (Lipinski definition) is 2. The number of H-pyrrole nitrogens is 2. The van der Waals surface area contributed by atoms with Gasteiger partial charge in [-0.15, -0.1) is 0 Å². The van der Waals surface area contributed by atoms with Crippen LogP contribution in [0.4, 0.5) is 0 Å². The quantitative estimate of drug-likeness (QED) is 0.906. The Bertz CT molecular complexity index is 798. The first-order valence-corrected chi connectivity index (χ1v) is 7.30. The number of aromatic amines is 2. The molecule has 0 amide bonds. The second-order valence-electron chi connectivity index (χ2n) is 5.04. The third-order valence-corrected chi connectivity index (χ3v) is 4.48. The van der Waals surface area contributed by atoms with Crippen molar-refractivity contribution in [2.24, 2.45) is 0 Å². The number of rotatable bonds is 3. The molecule has 0 radical (unpaired) electrons. The average Bonchev–Trinajstić information content (AvgIpc) is 2.83. The van der Waals surface area contributed by atoms with Gasteiger partial charge >= 0.3 is 5.69 Å². The number of benzene rings is 1. The monoisotopic (exact) mass is 325 g/mol. The predicted molar refractivity (Wildman–Crippen MR) is 82.0 cm³/mol. The Kier molecular flexibility index (Phi) is 3.89. The summed E-state index contributed by atoms with van der Waals surface area (Å²) in [4.78, 5) is 30.0. The van der Waals surface area contributed by atoms with Gasteiger partial charge < -0.3 is 4.98 Å². The second kappa shape index (κ2) is 5.67. The summed E-state index contributed by atoms with van der Waals surface area (Å²) in [5, 5.41) is 1.11. The standard InChI is InChI=1S/C14H13Cl2N3O2/c15-10-3-1-2-8(12(10)16)4-5-19-6-9-11(7-19)17-14(21)18-13(9)20/h1-3H,4-7H2,(H2,17,18,20,21). The van der Waals surface area contributed by atoms with Gasteiger partial charge in [-0.3, -0.25) is 14.7 Å². The van der Waals surface area contributed by atoms with Gasteiger partial charge in [0.15, 0.2) is 0 Å². The van der Waals surface area contributed by atoms with Crippen molar-refractivity contribution in [1.29, 1.82) is 0 Å². The zero-order valence-corrected chi connectivity index (χ0v) is 12.6. The van der Waals surface area contributed by atoms with E-state index >= 15 is 0 Å². The molecule has 2 heterocycles. The normalized spacial score (nSPS) is 14.4. The van der Waals surface area contributed by atoms with E-state index in [-0.39, 0.29) is 5.56 Å². The molecule has 0 saturated carbocycles. The molecule has 3 rings (SSSR count). The first-order valence-electron chi connectivity index (χ1n) is 6.54. The average molecular weight is 326 g/mol. The smallest absolute Gasteiger partial charge is 0.310 e. The lowest BCUT2D eigenvalue weighted by molar-refractivity contribution is 0.286. The third-order valence-electron chi connectivity index (χ3n) is 3.62. The number of hydrogen-bond acceptors (Lipinski definition) is 3. The van der Waals surface area contributed by atoms with Crippen molar-refractivity contribution in [3.63, 3.8) is 0 Å². The predicted octanol–water partition coefficient (Wildman–Crippen LogP) is 1.93. The molecule has 0 saturated heterocycles. The van der Waals surface area contributed by atoms with Crippen LogP contribution >= 0.6 is 23.2 Å². The van der Waals surface area contributed by atoms with Gasteiger partial charge in [-0.05, 0) is 18.1 Å². The number of nitrogens with zero attached hydrogens (tertiary/aromatic N) is 1. The molecule has 0 bridgehead atoms. The minimum Gasteiger partial charge on any atom is -0.310 e. The molecule has 1 aromatic heterocycles. The largest absolute Gasteiger partial charge is 0.325 e. The molecule has 1 aliphatic rings. The summed E-state index contributed by atoms with van der Waals surface area (Å²) in [6.45, 7) is 1.82. The molecule has 1 aliphatic heterocycles. The number of fused-ring (bicyclic) bond motifs is 1. The van der Waals surface area contributed by atoms with Crippen molar-refractivity contribution in [3.8, 4) is 0 Å². The van der Waals surface area contributed by atoms with Crippen LogP contribution in [0.1, 0.15) is 16.8 Å². The van der Waals surface area contributed by atoms with Crippen LogP contribution in [-0.2, 0) is 19.5 Å². The highest BCUT2D eigenvalue weighted by atomic mass is 35.5. The van der Waals surface area contributed by atoms with Gasteiger partial charge in [-0.1, -0.05) is 35.3 Å². The molecule has 5 nitrogen and oxygen atoms in total. The molecule has 0 spiro atoms. The van der Waals surface area contributed by atoms with Crippen molar-refractivity contribution in [1.82, 2.24) is 14.9 Å². The minimum absolute atomic E-state index is 0.308.